The van der Waals surface area contributed by atoms with Crippen LogP contribution in [0.25, 0.3) is 0 Å². The van der Waals surface area contributed by atoms with Gasteiger partial charge in [-0.3, -0.25) is 4.79 Å². The van der Waals surface area contributed by atoms with Crippen LogP contribution in [0.2, 0.25) is 5.02 Å². The average molecular weight is 346 g/mol. The molecule has 0 saturated heterocycles. The van der Waals surface area contributed by atoms with Gasteiger partial charge >= 0.3 is 0 Å². The first-order chi connectivity index (χ1) is 11.5. The van der Waals surface area contributed by atoms with Crippen molar-refractivity contribution in [1.29, 1.82) is 0 Å². The Hall–Kier alpha value is -2.07. The smallest absolute Gasteiger partial charge is 0.223 e. The lowest BCUT2D eigenvalue weighted by Crippen LogP contribution is -2.32. The maximum Gasteiger partial charge on any atom is 0.223 e. The molecule has 2 aromatic rings. The fraction of sp³-hybridized carbons (Fsp3) is 0.368. The highest BCUT2D eigenvalue weighted by molar-refractivity contribution is 6.31. The lowest BCUT2D eigenvalue weighted by Gasteiger charge is -2.22. The van der Waals surface area contributed by atoms with Crippen molar-refractivity contribution in [3.63, 3.8) is 0 Å². The summed E-state index contributed by atoms with van der Waals surface area (Å²) in [7, 11) is 0. The molecule has 0 aliphatic carbocycles. The molecule has 0 unspecified atom stereocenters. The van der Waals surface area contributed by atoms with Crippen LogP contribution in [-0.4, -0.2) is 26.9 Å². The molecule has 2 rings (SSSR count). The van der Waals surface area contributed by atoms with Crippen molar-refractivity contribution in [1.82, 2.24) is 14.5 Å². The van der Waals surface area contributed by atoms with E-state index < -0.39 is 0 Å². The van der Waals surface area contributed by atoms with Crippen LogP contribution in [-0.2, 0) is 17.9 Å². The summed E-state index contributed by atoms with van der Waals surface area (Å²) < 4.78 is 2.03. The van der Waals surface area contributed by atoms with E-state index in [1.807, 2.05) is 48.9 Å². The minimum atomic E-state index is 0.122. The number of nitrogens with zero attached hydrogens (tertiary/aromatic N) is 3. The number of benzene rings is 1. The fourth-order valence-electron chi connectivity index (χ4n) is 2.51. The highest BCUT2D eigenvalue weighted by Gasteiger charge is 2.17. The van der Waals surface area contributed by atoms with Gasteiger partial charge in [0.2, 0.25) is 5.91 Å². The van der Waals surface area contributed by atoms with Crippen molar-refractivity contribution in [3.8, 4) is 0 Å². The summed E-state index contributed by atoms with van der Waals surface area (Å²) >= 11 is 6.25. The Morgan fingerprint density at radius 3 is 2.83 bits per heavy atom. The van der Waals surface area contributed by atoms with Gasteiger partial charge in [0.1, 0.15) is 5.82 Å². The molecule has 4 nitrogen and oxygen atoms in total. The van der Waals surface area contributed by atoms with Gasteiger partial charge in [-0.1, -0.05) is 49.7 Å². The number of halogens is 1. The molecule has 1 aromatic carbocycles. The largest absolute Gasteiger partial charge is 0.332 e. The molecule has 1 heterocycles. The fourth-order valence-corrected chi connectivity index (χ4v) is 2.70. The predicted molar refractivity (Wildman–Crippen MR) is 97.9 cm³/mol. The Kier molecular flexibility index (Phi) is 6.62. The third-order valence-electron chi connectivity index (χ3n) is 3.72. The van der Waals surface area contributed by atoms with E-state index in [2.05, 4.69) is 11.6 Å². The first-order valence-corrected chi connectivity index (χ1v) is 8.51. The zero-order chi connectivity index (χ0) is 17.5. The van der Waals surface area contributed by atoms with Crippen molar-refractivity contribution >= 4 is 17.5 Å². The number of aromatic nitrogens is 2. The first-order valence-electron chi connectivity index (χ1n) is 8.13. The topological polar surface area (TPSA) is 38.1 Å². The third kappa shape index (κ3) is 4.96. The van der Waals surface area contributed by atoms with E-state index >= 15 is 0 Å². The van der Waals surface area contributed by atoms with E-state index in [1.165, 1.54) is 0 Å². The quantitative estimate of drug-likeness (QED) is 0.674. The molecule has 0 saturated carbocycles. The van der Waals surface area contributed by atoms with Crippen molar-refractivity contribution in [2.75, 3.05) is 6.54 Å². The Morgan fingerprint density at radius 1 is 1.42 bits per heavy atom. The number of rotatable bonds is 8. The summed E-state index contributed by atoms with van der Waals surface area (Å²) in [5.74, 6) is 1.29. The molecule has 0 aliphatic rings. The normalized spacial score (nSPS) is 10.8. The number of hydrogen-bond acceptors (Lipinski definition) is 2. The summed E-state index contributed by atoms with van der Waals surface area (Å²) in [5, 5.41) is 0.732. The van der Waals surface area contributed by atoms with Crippen molar-refractivity contribution < 1.29 is 4.79 Å². The zero-order valence-corrected chi connectivity index (χ0v) is 15.0. The van der Waals surface area contributed by atoms with Crippen LogP contribution in [0.1, 0.15) is 31.7 Å². The molecule has 1 amide bonds. The van der Waals surface area contributed by atoms with E-state index in [1.54, 1.807) is 17.2 Å². The molecule has 5 heteroatoms. The number of carbonyl (C=O) groups excluding carboxylic acids is 1. The van der Waals surface area contributed by atoms with Crippen LogP contribution in [0.4, 0.5) is 0 Å². The molecule has 0 N–H and O–H groups in total. The van der Waals surface area contributed by atoms with Gasteiger partial charge in [0.05, 0.1) is 13.1 Å². The van der Waals surface area contributed by atoms with Crippen LogP contribution in [0, 0.1) is 5.92 Å². The first kappa shape index (κ1) is 18.3. The Labute approximate surface area is 148 Å². The lowest BCUT2D eigenvalue weighted by atomic mass is 10.1. The summed E-state index contributed by atoms with van der Waals surface area (Å²) in [6.45, 7) is 9.46. The Morgan fingerprint density at radius 2 is 2.17 bits per heavy atom. The Balaban J connectivity index is 2.14. The van der Waals surface area contributed by atoms with Crippen LogP contribution in [0.5, 0.6) is 0 Å². The summed E-state index contributed by atoms with van der Waals surface area (Å²) in [5.41, 5.74) is 1.03. The maximum atomic E-state index is 12.4. The van der Waals surface area contributed by atoms with Crippen LogP contribution in [0.3, 0.4) is 0 Å². The number of carbonyl (C=O) groups is 1. The van der Waals surface area contributed by atoms with Crippen molar-refractivity contribution in [2.24, 2.45) is 5.92 Å². The van der Waals surface area contributed by atoms with Gasteiger partial charge in [0, 0.05) is 30.4 Å². The van der Waals surface area contributed by atoms with E-state index in [-0.39, 0.29) is 5.91 Å². The molecular weight excluding hydrogens is 322 g/mol. The molecular formula is C19H24ClN3O. The van der Waals surface area contributed by atoms with Gasteiger partial charge in [-0.2, -0.15) is 0 Å². The van der Waals surface area contributed by atoms with Gasteiger partial charge in [0.15, 0.2) is 0 Å². The van der Waals surface area contributed by atoms with Crippen molar-refractivity contribution in [2.45, 2.75) is 33.4 Å². The molecule has 0 fully saturated rings. The molecule has 0 spiro atoms. The van der Waals surface area contributed by atoms with E-state index in [9.17, 15) is 4.79 Å². The highest BCUT2D eigenvalue weighted by atomic mass is 35.5. The van der Waals surface area contributed by atoms with Gasteiger partial charge in [-0.15, -0.1) is 6.58 Å². The van der Waals surface area contributed by atoms with E-state index in [4.69, 9.17) is 11.6 Å². The molecule has 128 valence electrons. The average Bonchev–Trinajstić information content (AvgIpc) is 2.95. The molecule has 0 radical (unpaired) electrons. The summed E-state index contributed by atoms with van der Waals surface area (Å²) in [6.07, 6.45) is 5.95. The van der Waals surface area contributed by atoms with Gasteiger partial charge in [-0.25, -0.2) is 4.98 Å². The lowest BCUT2D eigenvalue weighted by molar-refractivity contribution is -0.132. The van der Waals surface area contributed by atoms with Crippen LogP contribution in [0.15, 0.2) is 49.3 Å². The molecule has 24 heavy (non-hydrogen) atoms. The van der Waals surface area contributed by atoms with E-state index in [0.717, 1.165) is 16.4 Å². The second kappa shape index (κ2) is 8.69. The highest BCUT2D eigenvalue weighted by Crippen LogP contribution is 2.17. The van der Waals surface area contributed by atoms with Gasteiger partial charge in [-0.05, 0) is 17.5 Å². The second-order valence-electron chi connectivity index (χ2n) is 6.22. The number of hydrogen-bond donors (Lipinski definition) is 0. The van der Waals surface area contributed by atoms with Crippen LogP contribution < -0.4 is 0 Å². The maximum absolute atomic E-state index is 12.4. The van der Waals surface area contributed by atoms with E-state index in [0.29, 0.717) is 32.0 Å². The molecule has 1 aromatic heterocycles. The monoisotopic (exact) mass is 345 g/mol. The third-order valence-corrected chi connectivity index (χ3v) is 4.09. The minimum absolute atomic E-state index is 0.122. The molecule has 0 bridgehead atoms. The number of imidazole rings is 1. The summed E-state index contributed by atoms with van der Waals surface area (Å²) in [6, 6.07) is 7.76. The van der Waals surface area contributed by atoms with Gasteiger partial charge < -0.3 is 9.47 Å². The Bertz CT molecular complexity index is 693. The van der Waals surface area contributed by atoms with Gasteiger partial charge in [0.25, 0.3) is 0 Å². The number of amides is 1. The second-order valence-corrected chi connectivity index (χ2v) is 6.63. The zero-order valence-electron chi connectivity index (χ0n) is 14.3. The predicted octanol–water partition coefficient (Wildman–Crippen LogP) is 4.15. The standard InChI is InChI=1S/C19H24ClN3O/c1-4-10-23(19(24)12-15(2)3)14-18-21-9-11-22(18)13-16-7-5-6-8-17(16)20/h4-9,11,15H,1,10,12-14H2,2-3H3. The summed E-state index contributed by atoms with van der Waals surface area (Å²) in [4.78, 5) is 18.6. The van der Waals surface area contributed by atoms with Crippen LogP contribution >= 0.6 is 11.6 Å². The minimum Gasteiger partial charge on any atom is -0.332 e. The SMILES string of the molecule is C=CCN(Cc1nccn1Cc1ccccc1Cl)C(=O)CC(C)C. The van der Waals surface area contributed by atoms with Crippen molar-refractivity contribution in [3.05, 3.63) is 65.7 Å². The molecule has 0 atom stereocenters. The molecule has 0 aliphatic heterocycles.